The number of hydrogen-bond acceptors (Lipinski definition) is 4. The third-order valence-electron chi connectivity index (χ3n) is 4.10. The molecule has 138 valence electrons. The highest BCUT2D eigenvalue weighted by Crippen LogP contribution is 2.24. The Morgan fingerprint density at radius 2 is 2.00 bits per heavy atom. The second-order valence-corrected chi connectivity index (χ2v) is 5.89. The molecule has 3 rings (SSSR count). The third kappa shape index (κ3) is 4.23. The van der Waals surface area contributed by atoms with Crippen molar-refractivity contribution in [1.82, 2.24) is 20.1 Å². The van der Waals surface area contributed by atoms with Crippen LogP contribution in [0.2, 0.25) is 0 Å². The number of nitrogens with one attached hydrogen (secondary N) is 1. The van der Waals surface area contributed by atoms with Gasteiger partial charge in [-0.3, -0.25) is 9.89 Å². The summed E-state index contributed by atoms with van der Waals surface area (Å²) >= 11 is 0. The quantitative estimate of drug-likeness (QED) is 0.620. The lowest BCUT2D eigenvalue weighted by Gasteiger charge is -2.23. The summed E-state index contributed by atoms with van der Waals surface area (Å²) in [6.45, 7) is 7.15. The molecule has 6 nitrogen and oxygen atoms in total. The first-order valence-electron chi connectivity index (χ1n) is 8.80. The van der Waals surface area contributed by atoms with Crippen LogP contribution in [0.25, 0.3) is 11.4 Å². The lowest BCUT2D eigenvalue weighted by molar-refractivity contribution is 0.0762. The third-order valence-corrected chi connectivity index (χ3v) is 4.10. The molecule has 0 atom stereocenters. The first-order chi connectivity index (χ1) is 13.2. The number of amides is 1. The van der Waals surface area contributed by atoms with Crippen molar-refractivity contribution in [3.05, 3.63) is 78.6 Å². The Morgan fingerprint density at radius 1 is 1.22 bits per heavy atom. The van der Waals surface area contributed by atoms with Gasteiger partial charge in [0.05, 0.1) is 12.2 Å². The Balaban J connectivity index is 1.93. The van der Waals surface area contributed by atoms with Gasteiger partial charge in [-0.25, -0.2) is 4.98 Å². The fraction of sp³-hybridized carbons (Fsp3) is 0.190. The van der Waals surface area contributed by atoms with Crippen LogP contribution in [0.15, 0.2) is 67.5 Å². The van der Waals surface area contributed by atoms with Gasteiger partial charge in [0.15, 0.2) is 5.82 Å². The molecule has 0 saturated heterocycles. The predicted molar refractivity (Wildman–Crippen MR) is 104 cm³/mol. The maximum Gasteiger partial charge on any atom is 0.255 e. The molecule has 0 spiro atoms. The van der Waals surface area contributed by atoms with Gasteiger partial charge < -0.3 is 9.64 Å². The van der Waals surface area contributed by atoms with Gasteiger partial charge in [0, 0.05) is 24.2 Å². The summed E-state index contributed by atoms with van der Waals surface area (Å²) in [6.07, 6.45) is 3.15. The Bertz CT molecular complexity index is 906. The zero-order chi connectivity index (χ0) is 19.1. The van der Waals surface area contributed by atoms with E-state index in [1.165, 1.54) is 6.33 Å². The normalized spacial score (nSPS) is 10.4. The summed E-state index contributed by atoms with van der Waals surface area (Å²) in [5.41, 5.74) is 2.23. The first-order valence-corrected chi connectivity index (χ1v) is 8.80. The molecule has 6 heteroatoms. The van der Waals surface area contributed by atoms with Gasteiger partial charge in [-0.15, -0.1) is 6.58 Å². The maximum absolute atomic E-state index is 13.3. The number of carbonyl (C=O) groups is 1. The molecule has 1 heterocycles. The summed E-state index contributed by atoms with van der Waals surface area (Å²) in [5, 5.41) is 6.71. The van der Waals surface area contributed by atoms with E-state index in [-0.39, 0.29) is 5.91 Å². The van der Waals surface area contributed by atoms with E-state index < -0.39 is 0 Å². The van der Waals surface area contributed by atoms with Crippen molar-refractivity contribution < 1.29 is 9.53 Å². The van der Waals surface area contributed by atoms with Crippen LogP contribution in [-0.4, -0.2) is 39.1 Å². The molecule has 2 aromatic carbocycles. The Kier molecular flexibility index (Phi) is 5.99. The molecule has 3 aromatic rings. The molecule has 1 aromatic heterocycles. The minimum absolute atomic E-state index is 0.104. The number of aromatic nitrogens is 3. The Morgan fingerprint density at radius 3 is 2.74 bits per heavy atom. The van der Waals surface area contributed by atoms with E-state index >= 15 is 0 Å². The number of para-hydroxylation sites is 1. The highest BCUT2D eigenvalue weighted by molar-refractivity contribution is 6.00. The number of carbonyl (C=O) groups excluding carboxylic acids is 1. The molecule has 0 aliphatic heterocycles. The molecule has 0 unspecified atom stereocenters. The second-order valence-electron chi connectivity index (χ2n) is 5.89. The van der Waals surface area contributed by atoms with Crippen molar-refractivity contribution in [3.63, 3.8) is 0 Å². The van der Waals surface area contributed by atoms with Gasteiger partial charge >= 0.3 is 0 Å². The van der Waals surface area contributed by atoms with Crippen molar-refractivity contribution in [1.29, 1.82) is 0 Å². The molecule has 27 heavy (non-hydrogen) atoms. The first kappa shape index (κ1) is 18.4. The lowest BCUT2D eigenvalue weighted by atomic mass is 10.0. The topological polar surface area (TPSA) is 71.1 Å². The van der Waals surface area contributed by atoms with Crippen LogP contribution in [0, 0.1) is 0 Å². The molecule has 0 aliphatic rings. The van der Waals surface area contributed by atoms with E-state index in [9.17, 15) is 4.79 Å². The average Bonchev–Trinajstić information content (AvgIpc) is 3.23. The number of aromatic amines is 1. The fourth-order valence-electron chi connectivity index (χ4n) is 2.89. The van der Waals surface area contributed by atoms with Gasteiger partial charge in [-0.05, 0) is 19.1 Å². The molecular weight excluding hydrogens is 340 g/mol. The van der Waals surface area contributed by atoms with Gasteiger partial charge in [-0.2, -0.15) is 5.10 Å². The fourth-order valence-corrected chi connectivity index (χ4v) is 2.89. The minimum Gasteiger partial charge on any atom is -0.494 e. The number of benzene rings is 2. The number of nitrogens with zero attached hydrogens (tertiary/aromatic N) is 3. The van der Waals surface area contributed by atoms with Crippen LogP contribution >= 0.6 is 0 Å². The number of hydrogen-bond donors (Lipinski definition) is 1. The molecule has 0 radical (unpaired) electrons. The Hall–Kier alpha value is -3.41. The number of H-pyrrole nitrogens is 1. The molecule has 1 N–H and O–H groups in total. The molecule has 0 aliphatic carbocycles. The maximum atomic E-state index is 13.3. The van der Waals surface area contributed by atoms with E-state index in [0.29, 0.717) is 36.6 Å². The van der Waals surface area contributed by atoms with Crippen LogP contribution in [0.5, 0.6) is 5.75 Å². The van der Waals surface area contributed by atoms with Crippen molar-refractivity contribution in [2.45, 2.75) is 13.5 Å². The summed E-state index contributed by atoms with van der Waals surface area (Å²) in [4.78, 5) is 19.2. The summed E-state index contributed by atoms with van der Waals surface area (Å²) in [7, 11) is 0. The lowest BCUT2D eigenvalue weighted by Crippen LogP contribution is -2.31. The Labute approximate surface area is 158 Å². The van der Waals surface area contributed by atoms with E-state index in [0.717, 1.165) is 11.3 Å². The van der Waals surface area contributed by atoms with E-state index in [4.69, 9.17) is 4.74 Å². The zero-order valence-corrected chi connectivity index (χ0v) is 15.3. The summed E-state index contributed by atoms with van der Waals surface area (Å²) in [5.74, 6) is 1.24. The van der Waals surface area contributed by atoms with Crippen LogP contribution in [0.4, 0.5) is 0 Å². The molecule has 0 fully saturated rings. The largest absolute Gasteiger partial charge is 0.494 e. The highest BCUT2D eigenvalue weighted by atomic mass is 16.5. The second kappa shape index (κ2) is 8.80. The van der Waals surface area contributed by atoms with Gasteiger partial charge in [0.1, 0.15) is 12.1 Å². The van der Waals surface area contributed by atoms with E-state index in [2.05, 4.69) is 21.8 Å². The van der Waals surface area contributed by atoms with Gasteiger partial charge in [-0.1, -0.05) is 42.5 Å². The average molecular weight is 362 g/mol. The van der Waals surface area contributed by atoms with Gasteiger partial charge in [0.2, 0.25) is 0 Å². The molecule has 0 bridgehead atoms. The van der Waals surface area contributed by atoms with Crippen molar-refractivity contribution in [2.75, 3.05) is 13.2 Å². The van der Waals surface area contributed by atoms with Crippen molar-refractivity contribution >= 4 is 5.91 Å². The number of ether oxygens (including phenoxy) is 1. The van der Waals surface area contributed by atoms with Crippen molar-refractivity contribution in [2.24, 2.45) is 0 Å². The van der Waals surface area contributed by atoms with E-state index in [1.807, 2.05) is 49.4 Å². The van der Waals surface area contributed by atoms with Crippen molar-refractivity contribution in [3.8, 4) is 17.1 Å². The zero-order valence-electron chi connectivity index (χ0n) is 15.3. The smallest absolute Gasteiger partial charge is 0.255 e. The molecular formula is C21H22N4O2. The van der Waals surface area contributed by atoms with Crippen LogP contribution in [0.3, 0.4) is 0 Å². The van der Waals surface area contributed by atoms with Crippen LogP contribution in [0.1, 0.15) is 22.8 Å². The minimum atomic E-state index is -0.104. The molecule has 1 amide bonds. The predicted octanol–water partition coefficient (Wildman–Crippen LogP) is 3.70. The summed E-state index contributed by atoms with van der Waals surface area (Å²) < 4.78 is 5.70. The SMILES string of the molecule is C=CCN(Cc1ccccc1OCC)C(=O)c1ccccc1-c1ncn[nH]1. The number of rotatable bonds is 8. The van der Waals surface area contributed by atoms with Crippen LogP contribution < -0.4 is 4.74 Å². The van der Waals surface area contributed by atoms with E-state index in [1.54, 1.807) is 17.0 Å². The monoisotopic (exact) mass is 362 g/mol. The standard InChI is InChI=1S/C21H22N4O2/c1-3-13-25(14-16-9-5-8-12-19(16)27-4-2)21(26)18-11-7-6-10-17(18)20-22-15-23-24-20/h3,5-12,15H,1,4,13-14H2,2H3,(H,22,23,24). The van der Waals surface area contributed by atoms with Crippen LogP contribution in [-0.2, 0) is 6.54 Å². The van der Waals surface area contributed by atoms with Gasteiger partial charge in [0.25, 0.3) is 5.91 Å². The molecule has 0 saturated carbocycles. The highest BCUT2D eigenvalue weighted by Gasteiger charge is 2.21. The summed E-state index contributed by atoms with van der Waals surface area (Å²) in [6, 6.07) is 15.1.